The molecule has 0 saturated carbocycles. The molecule has 98 valence electrons. The fraction of sp³-hybridized carbons (Fsp3) is 0.667. The molecule has 0 aromatic carbocycles. The Morgan fingerprint density at radius 3 is 3.22 bits per heavy atom. The first kappa shape index (κ1) is 12.1. The van der Waals surface area contributed by atoms with Crippen molar-refractivity contribution in [1.29, 1.82) is 0 Å². The predicted octanol–water partition coefficient (Wildman–Crippen LogP) is 1.86. The van der Waals surface area contributed by atoms with Crippen molar-refractivity contribution >= 4 is 0 Å². The molecular formula is C15H22N2O. The normalized spacial score (nSPS) is 36.1. The zero-order valence-electron chi connectivity index (χ0n) is 11.0. The van der Waals surface area contributed by atoms with Crippen molar-refractivity contribution in [2.75, 3.05) is 13.1 Å². The van der Waals surface area contributed by atoms with Gasteiger partial charge >= 0.3 is 0 Å². The van der Waals surface area contributed by atoms with Crippen LogP contribution in [0.1, 0.15) is 43.4 Å². The summed E-state index contributed by atoms with van der Waals surface area (Å²) < 4.78 is 0. The van der Waals surface area contributed by atoms with E-state index in [2.05, 4.69) is 23.3 Å². The van der Waals surface area contributed by atoms with Crippen molar-refractivity contribution in [2.45, 2.75) is 44.1 Å². The van der Waals surface area contributed by atoms with Gasteiger partial charge in [0.1, 0.15) is 0 Å². The average Bonchev–Trinajstić information content (AvgIpc) is 2.41. The van der Waals surface area contributed by atoms with E-state index in [1.54, 1.807) is 0 Å². The molecule has 3 atom stereocenters. The van der Waals surface area contributed by atoms with Crippen molar-refractivity contribution in [3.8, 4) is 0 Å². The van der Waals surface area contributed by atoms with Crippen molar-refractivity contribution < 1.29 is 5.11 Å². The number of hydrogen-bond donors (Lipinski definition) is 2. The maximum atomic E-state index is 11.1. The second-order valence-corrected chi connectivity index (χ2v) is 5.84. The van der Waals surface area contributed by atoms with Gasteiger partial charge in [-0.05, 0) is 49.8 Å². The summed E-state index contributed by atoms with van der Waals surface area (Å²) in [4.78, 5) is 4.58. The summed E-state index contributed by atoms with van der Waals surface area (Å²) in [5.74, 6) is 0.517. The highest BCUT2D eigenvalue weighted by Crippen LogP contribution is 2.44. The molecule has 0 spiro atoms. The number of nitrogens with one attached hydrogen (secondary N) is 1. The van der Waals surface area contributed by atoms with Crippen LogP contribution in [-0.4, -0.2) is 28.8 Å². The van der Waals surface area contributed by atoms with Gasteiger partial charge in [0, 0.05) is 24.4 Å². The monoisotopic (exact) mass is 246 g/mol. The molecule has 2 N–H and O–H groups in total. The molecule has 1 aromatic heterocycles. The van der Waals surface area contributed by atoms with E-state index in [-0.39, 0.29) is 5.92 Å². The Labute approximate surface area is 109 Å². The van der Waals surface area contributed by atoms with Crippen LogP contribution in [0, 0.1) is 5.92 Å². The van der Waals surface area contributed by atoms with Crippen molar-refractivity contribution in [3.05, 3.63) is 29.6 Å². The van der Waals surface area contributed by atoms with Gasteiger partial charge in [-0.1, -0.05) is 13.0 Å². The van der Waals surface area contributed by atoms with Crippen LogP contribution in [0.3, 0.4) is 0 Å². The van der Waals surface area contributed by atoms with Crippen molar-refractivity contribution in [3.63, 3.8) is 0 Å². The minimum absolute atomic E-state index is 0.222. The van der Waals surface area contributed by atoms with E-state index >= 15 is 0 Å². The molecule has 0 radical (unpaired) electrons. The lowest BCUT2D eigenvalue weighted by molar-refractivity contribution is -0.0620. The van der Waals surface area contributed by atoms with E-state index in [1.165, 1.54) is 12.0 Å². The van der Waals surface area contributed by atoms with Crippen molar-refractivity contribution in [1.82, 2.24) is 10.3 Å². The lowest BCUT2D eigenvalue weighted by Gasteiger charge is -2.45. The van der Waals surface area contributed by atoms with E-state index < -0.39 is 5.60 Å². The number of pyridine rings is 1. The van der Waals surface area contributed by atoms with Crippen LogP contribution >= 0.6 is 0 Å². The van der Waals surface area contributed by atoms with E-state index in [9.17, 15) is 5.11 Å². The Bertz CT molecular complexity index is 434. The highest BCUT2D eigenvalue weighted by molar-refractivity contribution is 5.29. The third kappa shape index (κ3) is 1.86. The minimum Gasteiger partial charge on any atom is -0.389 e. The fourth-order valence-electron chi connectivity index (χ4n) is 3.64. The number of fused-ring (bicyclic) bond motifs is 1. The smallest absolute Gasteiger partial charge is 0.0780 e. The van der Waals surface area contributed by atoms with Crippen LogP contribution in [0.15, 0.2) is 18.3 Å². The molecule has 18 heavy (non-hydrogen) atoms. The Morgan fingerprint density at radius 2 is 2.39 bits per heavy atom. The number of nitrogens with zero attached hydrogens (tertiary/aromatic N) is 1. The van der Waals surface area contributed by atoms with Gasteiger partial charge in [-0.3, -0.25) is 4.98 Å². The Kier molecular flexibility index (Phi) is 3.12. The van der Waals surface area contributed by atoms with Gasteiger partial charge in [0.05, 0.1) is 5.60 Å². The highest BCUT2D eigenvalue weighted by atomic mass is 16.3. The van der Waals surface area contributed by atoms with E-state index in [0.29, 0.717) is 5.92 Å². The number of aliphatic hydroxyl groups is 1. The standard InChI is InChI=1S/C15H22N2O/c1-11-10-16-9-7-15(11,18)13-6-2-4-12-5-3-8-17-14(12)13/h3,5,8,11,13,16,18H,2,4,6-7,9-10H2,1H3. The van der Waals surface area contributed by atoms with E-state index in [1.807, 2.05) is 12.3 Å². The van der Waals surface area contributed by atoms with Gasteiger partial charge in [0.15, 0.2) is 0 Å². The second-order valence-electron chi connectivity index (χ2n) is 5.84. The van der Waals surface area contributed by atoms with Crippen LogP contribution in [0.4, 0.5) is 0 Å². The molecule has 3 nitrogen and oxygen atoms in total. The number of hydrogen-bond acceptors (Lipinski definition) is 3. The lowest BCUT2D eigenvalue weighted by atomic mass is 9.67. The zero-order valence-corrected chi connectivity index (χ0v) is 11.0. The molecule has 3 heteroatoms. The van der Waals surface area contributed by atoms with Gasteiger partial charge in [-0.2, -0.15) is 0 Å². The number of aryl methyl sites for hydroxylation is 1. The van der Waals surface area contributed by atoms with Crippen LogP contribution < -0.4 is 5.32 Å². The third-order valence-corrected chi connectivity index (χ3v) is 4.80. The summed E-state index contributed by atoms with van der Waals surface area (Å²) >= 11 is 0. The van der Waals surface area contributed by atoms with Crippen molar-refractivity contribution in [2.24, 2.45) is 5.92 Å². The molecule has 1 aliphatic heterocycles. The predicted molar refractivity (Wildman–Crippen MR) is 71.5 cm³/mol. The summed E-state index contributed by atoms with van der Waals surface area (Å²) in [6, 6.07) is 4.18. The first-order chi connectivity index (χ1) is 8.72. The first-order valence-corrected chi connectivity index (χ1v) is 7.08. The topological polar surface area (TPSA) is 45.1 Å². The Balaban J connectivity index is 1.97. The number of rotatable bonds is 1. The van der Waals surface area contributed by atoms with Gasteiger partial charge in [-0.15, -0.1) is 0 Å². The highest BCUT2D eigenvalue weighted by Gasteiger charge is 2.45. The first-order valence-electron chi connectivity index (χ1n) is 7.08. The third-order valence-electron chi connectivity index (χ3n) is 4.80. The maximum Gasteiger partial charge on any atom is 0.0780 e. The van der Waals surface area contributed by atoms with Crippen LogP contribution in [0.5, 0.6) is 0 Å². The van der Waals surface area contributed by atoms with Gasteiger partial charge in [0.2, 0.25) is 0 Å². The largest absolute Gasteiger partial charge is 0.389 e. The zero-order chi connectivity index (χ0) is 12.6. The molecule has 3 unspecified atom stereocenters. The van der Waals surface area contributed by atoms with Crippen LogP contribution in [0.2, 0.25) is 0 Å². The Hall–Kier alpha value is -0.930. The SMILES string of the molecule is CC1CNCCC1(O)C1CCCc2cccnc21. The molecule has 1 aliphatic carbocycles. The fourth-order valence-corrected chi connectivity index (χ4v) is 3.64. The molecule has 2 aliphatic rings. The summed E-state index contributed by atoms with van der Waals surface area (Å²) in [7, 11) is 0. The molecule has 0 bridgehead atoms. The summed E-state index contributed by atoms with van der Waals surface area (Å²) in [5, 5.41) is 14.5. The van der Waals surface area contributed by atoms with E-state index in [0.717, 1.165) is 38.0 Å². The molecule has 3 rings (SSSR count). The van der Waals surface area contributed by atoms with Gasteiger partial charge in [0.25, 0.3) is 0 Å². The molecule has 1 saturated heterocycles. The summed E-state index contributed by atoms with van der Waals surface area (Å²) in [6.07, 6.45) is 6.07. The number of aromatic nitrogens is 1. The molecule has 0 amide bonds. The van der Waals surface area contributed by atoms with Gasteiger partial charge in [-0.25, -0.2) is 0 Å². The molecule has 1 fully saturated rings. The van der Waals surface area contributed by atoms with Gasteiger partial charge < -0.3 is 10.4 Å². The minimum atomic E-state index is -0.575. The second kappa shape index (κ2) is 4.63. The lowest BCUT2D eigenvalue weighted by Crippen LogP contribution is -2.53. The number of piperidine rings is 1. The maximum absolute atomic E-state index is 11.1. The molecule has 1 aromatic rings. The summed E-state index contributed by atoms with van der Waals surface area (Å²) in [5.41, 5.74) is 1.92. The van der Waals surface area contributed by atoms with Crippen LogP contribution in [0.25, 0.3) is 0 Å². The quantitative estimate of drug-likeness (QED) is 0.795. The average molecular weight is 246 g/mol. The Morgan fingerprint density at radius 1 is 1.50 bits per heavy atom. The molecule has 2 heterocycles. The van der Waals surface area contributed by atoms with E-state index in [4.69, 9.17) is 0 Å². The molecular weight excluding hydrogens is 224 g/mol. The van der Waals surface area contributed by atoms with Crippen LogP contribution in [-0.2, 0) is 6.42 Å². The summed E-state index contributed by atoms with van der Waals surface area (Å²) in [6.45, 7) is 3.98.